The molecule has 2 rings (SSSR count). The largest absolute Gasteiger partial charge is 0.317 e. The number of nitrogens with zero attached hydrogens (tertiary/aromatic N) is 3. The van der Waals surface area contributed by atoms with Crippen molar-refractivity contribution < 1.29 is 0 Å². The van der Waals surface area contributed by atoms with Crippen LogP contribution < -0.4 is 5.32 Å². The minimum absolute atomic E-state index is 0. The Hall–Kier alpha value is -0.100. The van der Waals surface area contributed by atoms with E-state index in [1.54, 1.807) is 0 Å². The highest BCUT2D eigenvalue weighted by Gasteiger charge is 2.19. The fraction of sp³-hybridized carbons (Fsp3) is 0.727. The van der Waals surface area contributed by atoms with Crippen molar-refractivity contribution in [2.75, 3.05) is 20.1 Å². The van der Waals surface area contributed by atoms with Gasteiger partial charge in [-0.2, -0.15) is 5.10 Å². The van der Waals surface area contributed by atoms with E-state index >= 15 is 0 Å². The van der Waals surface area contributed by atoms with Crippen LogP contribution in [0.4, 0.5) is 0 Å². The summed E-state index contributed by atoms with van der Waals surface area (Å²) in [5.74, 6) is 0. The van der Waals surface area contributed by atoms with Gasteiger partial charge in [-0.1, -0.05) is 0 Å². The lowest BCUT2D eigenvalue weighted by Crippen LogP contribution is -2.41. The van der Waals surface area contributed by atoms with E-state index in [1.165, 1.54) is 18.5 Å². The lowest BCUT2D eigenvalue weighted by atomic mass is 10.1. The molecule has 0 radical (unpaired) electrons. The summed E-state index contributed by atoms with van der Waals surface area (Å²) in [6.07, 6.45) is 4.35. The summed E-state index contributed by atoms with van der Waals surface area (Å²) in [6.45, 7) is 3.24. The molecule has 0 atom stereocenters. The lowest BCUT2D eigenvalue weighted by Gasteiger charge is -2.31. The zero-order valence-corrected chi connectivity index (χ0v) is 12.7. The number of halogens is 2. The molecule has 4 nitrogen and oxygen atoms in total. The first kappa shape index (κ1) is 15.0. The summed E-state index contributed by atoms with van der Waals surface area (Å²) in [6, 6.07) is 0.697. The third kappa shape index (κ3) is 3.68. The second kappa shape index (κ2) is 6.73. The molecule has 1 aliphatic heterocycles. The van der Waals surface area contributed by atoms with Crippen LogP contribution >= 0.6 is 28.3 Å². The minimum atomic E-state index is 0. The topological polar surface area (TPSA) is 33.1 Å². The summed E-state index contributed by atoms with van der Waals surface area (Å²) in [7, 11) is 4.20. The molecule has 0 spiro atoms. The fourth-order valence-corrected chi connectivity index (χ4v) is 2.70. The molecule has 0 bridgehead atoms. The van der Waals surface area contributed by atoms with Crippen molar-refractivity contribution in [3.63, 3.8) is 0 Å². The van der Waals surface area contributed by atoms with E-state index in [0.29, 0.717) is 6.04 Å². The second-order valence-corrected chi connectivity index (χ2v) is 5.31. The number of rotatable bonds is 3. The van der Waals surface area contributed by atoms with Gasteiger partial charge in [-0.25, -0.2) is 0 Å². The van der Waals surface area contributed by atoms with Gasteiger partial charge in [0.25, 0.3) is 0 Å². The van der Waals surface area contributed by atoms with Crippen molar-refractivity contribution in [1.82, 2.24) is 20.0 Å². The number of aryl methyl sites for hydroxylation is 1. The molecule has 0 unspecified atom stereocenters. The Kier molecular flexibility index (Phi) is 5.92. The highest BCUT2D eigenvalue weighted by Crippen LogP contribution is 2.19. The van der Waals surface area contributed by atoms with Crippen molar-refractivity contribution >= 4 is 28.3 Å². The molecule has 98 valence electrons. The molecular weight excluding hydrogens is 304 g/mol. The summed E-state index contributed by atoms with van der Waals surface area (Å²) in [5, 5.41) is 7.64. The van der Waals surface area contributed by atoms with E-state index in [0.717, 1.165) is 24.1 Å². The van der Waals surface area contributed by atoms with Gasteiger partial charge < -0.3 is 5.32 Å². The van der Waals surface area contributed by atoms with Gasteiger partial charge >= 0.3 is 0 Å². The Bertz CT molecular complexity index is 330. The van der Waals surface area contributed by atoms with Crippen LogP contribution in [0.25, 0.3) is 0 Å². The van der Waals surface area contributed by atoms with Gasteiger partial charge in [-0.15, -0.1) is 12.4 Å². The van der Waals surface area contributed by atoms with Gasteiger partial charge in [0.2, 0.25) is 0 Å². The Balaban J connectivity index is 0.00000144. The molecule has 1 aliphatic rings. The van der Waals surface area contributed by atoms with Crippen LogP contribution in [0.2, 0.25) is 0 Å². The van der Waals surface area contributed by atoms with E-state index in [1.807, 2.05) is 17.9 Å². The van der Waals surface area contributed by atoms with Crippen molar-refractivity contribution in [2.24, 2.45) is 7.05 Å². The summed E-state index contributed by atoms with van der Waals surface area (Å²) in [4.78, 5) is 2.43. The van der Waals surface area contributed by atoms with Crippen LogP contribution in [0.1, 0.15) is 18.5 Å². The summed E-state index contributed by atoms with van der Waals surface area (Å²) < 4.78 is 3.05. The van der Waals surface area contributed by atoms with Gasteiger partial charge in [-0.3, -0.25) is 9.58 Å². The van der Waals surface area contributed by atoms with E-state index in [2.05, 4.69) is 38.3 Å². The molecule has 0 aliphatic carbocycles. The third-order valence-electron chi connectivity index (χ3n) is 3.34. The van der Waals surface area contributed by atoms with Crippen LogP contribution in [0.3, 0.4) is 0 Å². The van der Waals surface area contributed by atoms with Crippen LogP contribution in [-0.2, 0) is 13.6 Å². The molecule has 1 aromatic rings. The zero-order chi connectivity index (χ0) is 11.5. The second-order valence-electron chi connectivity index (χ2n) is 4.46. The third-order valence-corrected chi connectivity index (χ3v) is 4.00. The van der Waals surface area contributed by atoms with Gasteiger partial charge in [0.05, 0.1) is 16.4 Å². The molecular formula is C11H20BrClN4. The van der Waals surface area contributed by atoms with Crippen molar-refractivity contribution in [1.29, 1.82) is 0 Å². The first-order valence-corrected chi connectivity index (χ1v) is 6.55. The van der Waals surface area contributed by atoms with Crippen molar-refractivity contribution in [2.45, 2.75) is 25.4 Å². The minimum Gasteiger partial charge on any atom is -0.317 e. The molecule has 2 heterocycles. The van der Waals surface area contributed by atoms with Gasteiger partial charge in [-0.05, 0) is 48.9 Å². The van der Waals surface area contributed by atoms with Gasteiger partial charge in [0.1, 0.15) is 0 Å². The van der Waals surface area contributed by atoms with E-state index in [-0.39, 0.29) is 12.4 Å². The quantitative estimate of drug-likeness (QED) is 0.920. The normalized spacial score (nSPS) is 17.2. The molecule has 1 N–H and O–H groups in total. The fourth-order valence-electron chi connectivity index (χ4n) is 2.23. The summed E-state index contributed by atoms with van der Waals surface area (Å²) in [5.41, 5.74) is 1.25. The summed E-state index contributed by atoms with van der Waals surface area (Å²) >= 11 is 3.55. The van der Waals surface area contributed by atoms with E-state index < -0.39 is 0 Å². The molecule has 1 fully saturated rings. The van der Waals surface area contributed by atoms with Crippen LogP contribution in [0.15, 0.2) is 10.7 Å². The average molecular weight is 324 g/mol. The van der Waals surface area contributed by atoms with Crippen molar-refractivity contribution in [3.05, 3.63) is 16.4 Å². The van der Waals surface area contributed by atoms with Gasteiger partial charge in [0, 0.05) is 19.6 Å². The Morgan fingerprint density at radius 3 is 2.71 bits per heavy atom. The smallest absolute Gasteiger partial charge is 0.0663 e. The maximum Gasteiger partial charge on any atom is 0.0663 e. The van der Waals surface area contributed by atoms with E-state index in [9.17, 15) is 0 Å². The highest BCUT2D eigenvalue weighted by atomic mass is 79.9. The molecule has 0 saturated carbocycles. The predicted molar refractivity (Wildman–Crippen MR) is 75.5 cm³/mol. The maximum absolute atomic E-state index is 4.25. The first-order valence-electron chi connectivity index (χ1n) is 5.76. The number of nitrogens with one attached hydrogen (secondary N) is 1. The molecule has 0 amide bonds. The molecule has 0 aromatic carbocycles. The molecule has 6 heteroatoms. The number of aromatic nitrogens is 2. The number of piperidine rings is 1. The Labute approximate surface area is 117 Å². The zero-order valence-electron chi connectivity index (χ0n) is 10.3. The Morgan fingerprint density at radius 2 is 2.18 bits per heavy atom. The predicted octanol–water partition coefficient (Wildman–Crippen LogP) is 1.79. The van der Waals surface area contributed by atoms with Crippen LogP contribution in [-0.4, -0.2) is 40.9 Å². The standard InChI is InChI=1S/C11H19BrN4.ClH/c1-15(9-3-5-13-6-4-9)8-11-10(12)7-14-16(11)2;/h7,9,13H,3-6,8H2,1-2H3;1H. The molecule has 17 heavy (non-hydrogen) atoms. The number of hydrogen-bond donors (Lipinski definition) is 1. The SMILES string of the molecule is CN(Cc1c(Br)cnn1C)C1CCNCC1.Cl. The lowest BCUT2D eigenvalue weighted by molar-refractivity contribution is 0.187. The van der Waals surface area contributed by atoms with Gasteiger partial charge in [0.15, 0.2) is 0 Å². The first-order chi connectivity index (χ1) is 7.68. The monoisotopic (exact) mass is 322 g/mol. The Morgan fingerprint density at radius 1 is 1.53 bits per heavy atom. The molecule has 1 saturated heterocycles. The van der Waals surface area contributed by atoms with Crippen LogP contribution in [0.5, 0.6) is 0 Å². The number of hydrogen-bond acceptors (Lipinski definition) is 3. The van der Waals surface area contributed by atoms with E-state index in [4.69, 9.17) is 0 Å². The maximum atomic E-state index is 4.25. The van der Waals surface area contributed by atoms with Crippen LogP contribution in [0, 0.1) is 0 Å². The van der Waals surface area contributed by atoms with Crippen molar-refractivity contribution in [3.8, 4) is 0 Å². The average Bonchev–Trinajstić information content (AvgIpc) is 2.62. The molecule has 1 aromatic heterocycles. The highest BCUT2D eigenvalue weighted by molar-refractivity contribution is 9.10.